The molecule has 0 radical (unpaired) electrons. The van der Waals surface area contributed by atoms with E-state index in [1.54, 1.807) is 6.20 Å². The van der Waals surface area contributed by atoms with Gasteiger partial charge in [-0.2, -0.15) is 5.10 Å². The molecule has 1 fully saturated rings. The van der Waals surface area contributed by atoms with Crippen LogP contribution in [0.15, 0.2) is 18.5 Å². The number of likely N-dealkylation sites (tertiary alicyclic amines) is 1. The zero-order chi connectivity index (χ0) is 12.8. The third kappa shape index (κ3) is 3.57. The molecule has 0 unspecified atom stereocenters. The molecule has 1 N–H and O–H groups in total. The Labute approximate surface area is 108 Å². The number of hydrogen-bond donors (Lipinski definition) is 1. The number of hydrogen-bond acceptors (Lipinski definition) is 3. The van der Waals surface area contributed by atoms with Gasteiger partial charge in [-0.15, -0.1) is 0 Å². The van der Waals surface area contributed by atoms with E-state index in [9.17, 15) is 4.79 Å². The van der Waals surface area contributed by atoms with Crippen molar-refractivity contribution < 1.29 is 4.79 Å². The van der Waals surface area contributed by atoms with Gasteiger partial charge in [0.25, 0.3) is 0 Å². The zero-order valence-electron chi connectivity index (χ0n) is 11.0. The summed E-state index contributed by atoms with van der Waals surface area (Å²) >= 11 is 0. The van der Waals surface area contributed by atoms with Crippen LogP contribution in [-0.4, -0.2) is 47.3 Å². The molecule has 0 saturated carbocycles. The van der Waals surface area contributed by atoms with Crippen LogP contribution in [0.1, 0.15) is 19.3 Å². The maximum atomic E-state index is 12.0. The summed E-state index contributed by atoms with van der Waals surface area (Å²) in [6.45, 7) is 3.56. The largest absolute Gasteiger partial charge is 0.343 e. The first-order valence-electron chi connectivity index (χ1n) is 6.69. The summed E-state index contributed by atoms with van der Waals surface area (Å²) in [4.78, 5) is 14.0. The van der Waals surface area contributed by atoms with Crippen molar-refractivity contribution in [1.82, 2.24) is 20.0 Å². The van der Waals surface area contributed by atoms with Gasteiger partial charge in [-0.25, -0.2) is 0 Å². The number of piperidine rings is 1. The van der Waals surface area contributed by atoms with Crippen LogP contribution in [0.3, 0.4) is 0 Å². The van der Waals surface area contributed by atoms with Crippen LogP contribution < -0.4 is 5.32 Å². The van der Waals surface area contributed by atoms with E-state index in [1.165, 1.54) is 0 Å². The Balaban J connectivity index is 1.70. The van der Waals surface area contributed by atoms with Gasteiger partial charge in [0.2, 0.25) is 5.91 Å². The Morgan fingerprint density at radius 3 is 2.83 bits per heavy atom. The molecule has 2 rings (SSSR count). The number of nitrogens with one attached hydrogen (secondary N) is 1. The van der Waals surface area contributed by atoms with E-state index in [0.29, 0.717) is 13.0 Å². The first-order valence-corrected chi connectivity index (χ1v) is 6.69. The molecule has 18 heavy (non-hydrogen) atoms. The summed E-state index contributed by atoms with van der Waals surface area (Å²) in [7, 11) is 1.99. The number of rotatable bonds is 5. The highest BCUT2D eigenvalue weighted by atomic mass is 16.2. The molecule has 5 nitrogen and oxygen atoms in total. The van der Waals surface area contributed by atoms with Crippen LogP contribution in [-0.2, 0) is 11.3 Å². The van der Waals surface area contributed by atoms with Gasteiger partial charge < -0.3 is 10.2 Å². The molecule has 0 aliphatic carbocycles. The summed E-state index contributed by atoms with van der Waals surface area (Å²) in [6.07, 6.45) is 6.43. The van der Waals surface area contributed by atoms with Crippen molar-refractivity contribution in [3.8, 4) is 0 Å². The van der Waals surface area contributed by atoms with Crippen LogP contribution in [0, 0.1) is 5.92 Å². The molecule has 1 aromatic rings. The Morgan fingerprint density at radius 1 is 1.44 bits per heavy atom. The minimum Gasteiger partial charge on any atom is -0.343 e. The monoisotopic (exact) mass is 250 g/mol. The first-order chi connectivity index (χ1) is 8.79. The number of aromatic nitrogens is 2. The van der Waals surface area contributed by atoms with E-state index < -0.39 is 0 Å². The van der Waals surface area contributed by atoms with Crippen LogP contribution in [0.4, 0.5) is 0 Å². The third-order valence-corrected chi connectivity index (χ3v) is 3.57. The summed E-state index contributed by atoms with van der Waals surface area (Å²) in [5, 5.41) is 7.32. The smallest absolute Gasteiger partial charge is 0.224 e. The number of amides is 1. The minimum atomic E-state index is 0.258. The van der Waals surface area contributed by atoms with Crippen LogP contribution >= 0.6 is 0 Å². The van der Waals surface area contributed by atoms with Crippen molar-refractivity contribution in [2.45, 2.75) is 25.8 Å². The second kappa shape index (κ2) is 6.54. The van der Waals surface area contributed by atoms with Crippen molar-refractivity contribution in [3.63, 3.8) is 0 Å². The Kier molecular flexibility index (Phi) is 4.75. The van der Waals surface area contributed by atoms with Crippen molar-refractivity contribution in [1.29, 1.82) is 0 Å². The van der Waals surface area contributed by atoms with E-state index in [1.807, 2.05) is 28.9 Å². The van der Waals surface area contributed by atoms with Gasteiger partial charge in [-0.3, -0.25) is 9.48 Å². The second-order valence-electron chi connectivity index (χ2n) is 4.90. The molecule has 1 aromatic heterocycles. The number of carbonyl (C=O) groups is 1. The topological polar surface area (TPSA) is 50.2 Å². The van der Waals surface area contributed by atoms with Gasteiger partial charge in [-0.05, 0) is 38.4 Å². The second-order valence-corrected chi connectivity index (χ2v) is 4.90. The van der Waals surface area contributed by atoms with Crippen molar-refractivity contribution in [2.75, 3.05) is 26.7 Å². The Morgan fingerprint density at radius 2 is 2.22 bits per heavy atom. The highest BCUT2D eigenvalue weighted by molar-refractivity contribution is 5.76. The molecular weight excluding hydrogens is 228 g/mol. The van der Waals surface area contributed by atoms with Crippen LogP contribution in [0.5, 0.6) is 0 Å². The molecule has 100 valence electrons. The normalized spacial score (nSPS) is 17.1. The molecule has 5 heteroatoms. The summed E-state index contributed by atoms with van der Waals surface area (Å²) in [6, 6.07) is 1.88. The van der Waals surface area contributed by atoms with Crippen molar-refractivity contribution in [2.24, 2.45) is 5.92 Å². The highest BCUT2D eigenvalue weighted by Gasteiger charge is 2.21. The molecule has 1 aliphatic rings. The first kappa shape index (κ1) is 13.1. The summed E-state index contributed by atoms with van der Waals surface area (Å²) in [5.41, 5.74) is 0. The van der Waals surface area contributed by atoms with Gasteiger partial charge in [0, 0.05) is 38.4 Å². The average Bonchev–Trinajstić information content (AvgIpc) is 2.90. The van der Waals surface area contributed by atoms with Gasteiger partial charge in [0.15, 0.2) is 0 Å². The van der Waals surface area contributed by atoms with Gasteiger partial charge >= 0.3 is 0 Å². The number of carbonyl (C=O) groups excluding carboxylic acids is 1. The minimum absolute atomic E-state index is 0.258. The lowest BCUT2D eigenvalue weighted by atomic mass is 9.96. The van der Waals surface area contributed by atoms with Crippen LogP contribution in [0.25, 0.3) is 0 Å². The van der Waals surface area contributed by atoms with Crippen molar-refractivity contribution >= 4 is 5.91 Å². The molecule has 2 heterocycles. The fourth-order valence-electron chi connectivity index (χ4n) is 2.48. The molecule has 1 amide bonds. The predicted octanol–water partition coefficient (Wildman–Crippen LogP) is 0.731. The van der Waals surface area contributed by atoms with Crippen molar-refractivity contribution in [3.05, 3.63) is 18.5 Å². The van der Waals surface area contributed by atoms with Crippen LogP contribution in [0.2, 0.25) is 0 Å². The maximum Gasteiger partial charge on any atom is 0.224 e. The molecule has 1 saturated heterocycles. The molecular formula is C13H22N4O. The molecule has 1 aliphatic heterocycles. The SMILES string of the molecule is CNCC1CCN(C(=O)CCn2cccn2)CC1. The predicted molar refractivity (Wildman–Crippen MR) is 70.1 cm³/mol. The number of nitrogens with zero attached hydrogens (tertiary/aromatic N) is 3. The fourth-order valence-corrected chi connectivity index (χ4v) is 2.48. The van der Waals surface area contributed by atoms with Gasteiger partial charge in [0.1, 0.15) is 0 Å². The Bertz CT molecular complexity index is 355. The van der Waals surface area contributed by atoms with E-state index in [-0.39, 0.29) is 5.91 Å². The summed E-state index contributed by atoms with van der Waals surface area (Å²) < 4.78 is 1.81. The van der Waals surface area contributed by atoms with E-state index in [2.05, 4.69) is 10.4 Å². The van der Waals surface area contributed by atoms with Gasteiger partial charge in [-0.1, -0.05) is 0 Å². The third-order valence-electron chi connectivity index (χ3n) is 3.57. The molecule has 0 atom stereocenters. The Hall–Kier alpha value is -1.36. The summed E-state index contributed by atoms with van der Waals surface area (Å²) in [5.74, 6) is 0.985. The quantitative estimate of drug-likeness (QED) is 0.838. The average molecular weight is 250 g/mol. The van der Waals surface area contributed by atoms with E-state index in [0.717, 1.165) is 38.4 Å². The van der Waals surface area contributed by atoms with Gasteiger partial charge in [0.05, 0.1) is 0 Å². The van der Waals surface area contributed by atoms with E-state index in [4.69, 9.17) is 0 Å². The number of aryl methyl sites for hydroxylation is 1. The highest BCUT2D eigenvalue weighted by Crippen LogP contribution is 2.16. The van der Waals surface area contributed by atoms with E-state index >= 15 is 0 Å². The maximum absolute atomic E-state index is 12.0. The molecule has 0 bridgehead atoms. The lowest BCUT2D eigenvalue weighted by molar-refractivity contribution is -0.132. The molecule has 0 aromatic carbocycles. The lowest BCUT2D eigenvalue weighted by Crippen LogP contribution is -2.40. The lowest BCUT2D eigenvalue weighted by Gasteiger charge is -2.32. The standard InChI is InChI=1S/C13H22N4O/c1-14-11-12-3-8-16(9-4-12)13(18)5-10-17-7-2-6-15-17/h2,6-7,12,14H,3-5,8-11H2,1H3. The molecule has 0 spiro atoms. The zero-order valence-corrected chi connectivity index (χ0v) is 11.0. The fraction of sp³-hybridized carbons (Fsp3) is 0.692.